The summed E-state index contributed by atoms with van der Waals surface area (Å²) in [5.74, 6) is 0.858. The first-order valence-electron chi connectivity index (χ1n) is 6.76. The van der Waals surface area contributed by atoms with Crippen molar-refractivity contribution in [3.63, 3.8) is 0 Å². The minimum Gasteiger partial charge on any atom is -0.316 e. The molecule has 1 aromatic heterocycles. The summed E-state index contributed by atoms with van der Waals surface area (Å²) in [5, 5.41) is 13.2. The van der Waals surface area contributed by atoms with E-state index in [-0.39, 0.29) is 11.3 Å². The molecule has 0 bridgehead atoms. The molecule has 1 unspecified atom stereocenters. The van der Waals surface area contributed by atoms with Crippen molar-refractivity contribution in [1.29, 1.82) is 0 Å². The van der Waals surface area contributed by atoms with Gasteiger partial charge in [-0.3, -0.25) is 9.89 Å². The summed E-state index contributed by atoms with van der Waals surface area (Å²) in [5.41, 5.74) is 0.785. The first kappa shape index (κ1) is 13.1. The van der Waals surface area contributed by atoms with Crippen LogP contribution in [0.4, 0.5) is 5.82 Å². The molecule has 0 saturated carbocycles. The van der Waals surface area contributed by atoms with Gasteiger partial charge < -0.3 is 10.6 Å². The second-order valence-corrected chi connectivity index (χ2v) is 4.99. The summed E-state index contributed by atoms with van der Waals surface area (Å²) in [6.45, 7) is 5.92. The summed E-state index contributed by atoms with van der Waals surface area (Å²) in [4.78, 5) is 12.5. The van der Waals surface area contributed by atoms with Crippen LogP contribution in [0.2, 0.25) is 0 Å². The van der Waals surface area contributed by atoms with Crippen LogP contribution >= 0.6 is 0 Å². The van der Waals surface area contributed by atoms with E-state index >= 15 is 0 Å². The number of H-pyrrole nitrogens is 1. The number of nitrogens with one attached hydrogen (secondary N) is 3. The number of hydrogen-bond donors (Lipinski definition) is 3. The molecule has 100 valence electrons. The van der Waals surface area contributed by atoms with E-state index < -0.39 is 0 Å². The minimum absolute atomic E-state index is 0.108. The monoisotopic (exact) mass is 250 g/mol. The van der Waals surface area contributed by atoms with Crippen LogP contribution in [-0.2, 0) is 11.2 Å². The number of carbonyl (C=O) groups is 1. The number of anilines is 1. The summed E-state index contributed by atoms with van der Waals surface area (Å²) < 4.78 is 0. The van der Waals surface area contributed by atoms with Crippen LogP contribution in [0.5, 0.6) is 0 Å². The number of aromatic amines is 1. The predicted octanol–water partition coefficient (Wildman–Crippen LogP) is 1.69. The van der Waals surface area contributed by atoms with E-state index in [2.05, 4.69) is 34.7 Å². The molecule has 1 amide bonds. The van der Waals surface area contributed by atoms with Crippen LogP contribution in [0.1, 0.15) is 38.7 Å². The van der Waals surface area contributed by atoms with Crippen LogP contribution in [0.25, 0.3) is 0 Å². The van der Waals surface area contributed by atoms with E-state index in [4.69, 9.17) is 0 Å². The summed E-state index contributed by atoms with van der Waals surface area (Å²) >= 11 is 0. The fraction of sp³-hybridized carbons (Fsp3) is 0.692. The molecule has 2 rings (SSSR count). The third-order valence-corrected chi connectivity index (χ3v) is 3.97. The van der Waals surface area contributed by atoms with Crippen molar-refractivity contribution >= 4 is 11.7 Å². The highest BCUT2D eigenvalue weighted by atomic mass is 16.2. The Morgan fingerprint density at radius 2 is 2.39 bits per heavy atom. The summed E-state index contributed by atoms with van der Waals surface area (Å²) in [6.07, 6.45) is 5.51. The molecule has 1 aliphatic rings. The summed E-state index contributed by atoms with van der Waals surface area (Å²) in [7, 11) is 0. The van der Waals surface area contributed by atoms with Gasteiger partial charge in [0.25, 0.3) is 0 Å². The molecule has 0 aromatic carbocycles. The number of hydrogen-bond acceptors (Lipinski definition) is 3. The van der Waals surface area contributed by atoms with Gasteiger partial charge in [-0.2, -0.15) is 5.10 Å². The lowest BCUT2D eigenvalue weighted by atomic mass is 9.77. The Labute approximate surface area is 108 Å². The molecule has 1 atom stereocenters. The number of rotatable bonds is 4. The molecule has 5 nitrogen and oxygen atoms in total. The van der Waals surface area contributed by atoms with E-state index in [0.717, 1.165) is 50.2 Å². The molecule has 5 heteroatoms. The molecule has 0 radical (unpaired) electrons. The molecular weight excluding hydrogens is 228 g/mol. The average Bonchev–Trinajstić information content (AvgIpc) is 2.86. The van der Waals surface area contributed by atoms with Gasteiger partial charge >= 0.3 is 0 Å². The van der Waals surface area contributed by atoms with Gasteiger partial charge in [-0.15, -0.1) is 0 Å². The minimum atomic E-state index is -0.269. The highest BCUT2D eigenvalue weighted by molar-refractivity contribution is 5.95. The van der Waals surface area contributed by atoms with Gasteiger partial charge in [-0.25, -0.2) is 0 Å². The topological polar surface area (TPSA) is 69.8 Å². The fourth-order valence-electron chi connectivity index (χ4n) is 2.56. The number of carbonyl (C=O) groups excluding carboxylic acids is 1. The first-order valence-corrected chi connectivity index (χ1v) is 6.76. The quantitative estimate of drug-likeness (QED) is 0.761. The van der Waals surface area contributed by atoms with Crippen molar-refractivity contribution < 1.29 is 4.79 Å². The molecule has 0 aliphatic carbocycles. The summed E-state index contributed by atoms with van der Waals surface area (Å²) in [6, 6.07) is 0. The lowest BCUT2D eigenvalue weighted by molar-refractivity contribution is -0.126. The van der Waals surface area contributed by atoms with Crippen molar-refractivity contribution in [3.8, 4) is 0 Å². The Morgan fingerprint density at radius 3 is 3.00 bits per heavy atom. The van der Waals surface area contributed by atoms with Crippen molar-refractivity contribution in [1.82, 2.24) is 15.5 Å². The van der Waals surface area contributed by atoms with Gasteiger partial charge in [-0.05, 0) is 32.2 Å². The number of aryl methyl sites for hydroxylation is 1. The molecule has 2 heterocycles. The van der Waals surface area contributed by atoms with E-state index in [1.54, 1.807) is 6.20 Å². The SMILES string of the molecule is CCc1cn[nH]c1NC(=O)C1(CC)CCCNC1. The van der Waals surface area contributed by atoms with Gasteiger partial charge in [0.2, 0.25) is 5.91 Å². The Bertz CT molecular complexity index is 407. The normalized spacial score (nSPS) is 23.9. The number of amides is 1. The molecule has 1 saturated heterocycles. The van der Waals surface area contributed by atoms with E-state index in [0.29, 0.717) is 0 Å². The smallest absolute Gasteiger partial charge is 0.233 e. The van der Waals surface area contributed by atoms with Crippen molar-refractivity contribution in [2.45, 2.75) is 39.5 Å². The third-order valence-electron chi connectivity index (χ3n) is 3.97. The lowest BCUT2D eigenvalue weighted by Crippen LogP contribution is -2.47. The van der Waals surface area contributed by atoms with Crippen molar-refractivity contribution in [2.75, 3.05) is 18.4 Å². The zero-order valence-electron chi connectivity index (χ0n) is 11.2. The second kappa shape index (κ2) is 5.52. The van der Waals surface area contributed by atoms with Gasteiger partial charge in [0.1, 0.15) is 5.82 Å². The van der Waals surface area contributed by atoms with Gasteiger partial charge in [0.15, 0.2) is 0 Å². The van der Waals surface area contributed by atoms with Gasteiger partial charge in [-0.1, -0.05) is 13.8 Å². The molecule has 1 fully saturated rings. The maximum absolute atomic E-state index is 12.5. The highest BCUT2D eigenvalue weighted by Crippen LogP contribution is 2.31. The average molecular weight is 250 g/mol. The van der Waals surface area contributed by atoms with Gasteiger partial charge in [0.05, 0.1) is 11.6 Å². The fourth-order valence-corrected chi connectivity index (χ4v) is 2.56. The zero-order valence-corrected chi connectivity index (χ0v) is 11.2. The highest BCUT2D eigenvalue weighted by Gasteiger charge is 2.38. The number of piperidine rings is 1. The second-order valence-electron chi connectivity index (χ2n) is 4.99. The molecule has 0 spiro atoms. The Balaban J connectivity index is 2.10. The zero-order chi connectivity index (χ0) is 13.0. The van der Waals surface area contributed by atoms with Crippen LogP contribution in [0, 0.1) is 5.41 Å². The lowest BCUT2D eigenvalue weighted by Gasteiger charge is -2.35. The van der Waals surface area contributed by atoms with E-state index in [1.165, 1.54) is 0 Å². The van der Waals surface area contributed by atoms with Crippen LogP contribution in [0.15, 0.2) is 6.20 Å². The van der Waals surface area contributed by atoms with Crippen LogP contribution in [0.3, 0.4) is 0 Å². The molecule has 1 aliphatic heterocycles. The maximum atomic E-state index is 12.5. The van der Waals surface area contributed by atoms with Crippen molar-refractivity contribution in [2.24, 2.45) is 5.41 Å². The molecule has 18 heavy (non-hydrogen) atoms. The third kappa shape index (κ3) is 2.41. The Hall–Kier alpha value is -1.36. The number of nitrogens with zero attached hydrogens (tertiary/aromatic N) is 1. The molecular formula is C13H22N4O. The Kier molecular flexibility index (Phi) is 4.01. The predicted molar refractivity (Wildman–Crippen MR) is 71.4 cm³/mol. The van der Waals surface area contributed by atoms with Crippen LogP contribution in [-0.4, -0.2) is 29.2 Å². The van der Waals surface area contributed by atoms with Crippen LogP contribution < -0.4 is 10.6 Å². The maximum Gasteiger partial charge on any atom is 0.233 e. The van der Waals surface area contributed by atoms with E-state index in [1.807, 2.05) is 0 Å². The van der Waals surface area contributed by atoms with E-state index in [9.17, 15) is 4.79 Å². The first-order chi connectivity index (χ1) is 8.72. The van der Waals surface area contributed by atoms with Crippen molar-refractivity contribution in [3.05, 3.63) is 11.8 Å². The standard InChI is InChI=1S/C13H22N4O/c1-3-10-8-15-17-11(10)16-12(18)13(4-2)6-5-7-14-9-13/h8,14H,3-7,9H2,1-2H3,(H2,15,16,17,18). The molecule has 1 aromatic rings. The Morgan fingerprint density at radius 1 is 1.56 bits per heavy atom. The molecule has 3 N–H and O–H groups in total. The van der Waals surface area contributed by atoms with Gasteiger partial charge in [0, 0.05) is 12.1 Å². The number of aromatic nitrogens is 2. The largest absolute Gasteiger partial charge is 0.316 e.